The van der Waals surface area contributed by atoms with Crippen LogP contribution < -0.4 is 4.74 Å². The lowest BCUT2D eigenvalue weighted by Crippen LogP contribution is -2.26. The summed E-state index contributed by atoms with van der Waals surface area (Å²) in [6.45, 7) is 1.69. The number of ether oxygens (including phenoxy) is 1. The molecule has 0 atom stereocenters. The average molecular weight is 267 g/mol. The Labute approximate surface area is 112 Å². The molecule has 1 rings (SSSR count). The molecule has 0 aliphatic carbocycles. The number of benzene rings is 1. The van der Waals surface area contributed by atoms with Gasteiger partial charge in [-0.25, -0.2) is 4.39 Å². The average Bonchev–Trinajstić information content (AvgIpc) is 2.36. The van der Waals surface area contributed by atoms with E-state index >= 15 is 0 Å². The van der Waals surface area contributed by atoms with Gasteiger partial charge in [0.05, 0.1) is 7.11 Å². The highest BCUT2D eigenvalue weighted by Crippen LogP contribution is 2.20. The second-order valence-electron chi connectivity index (χ2n) is 4.41. The van der Waals surface area contributed by atoms with Crippen molar-refractivity contribution in [2.24, 2.45) is 0 Å². The van der Waals surface area contributed by atoms with E-state index in [4.69, 9.17) is 4.74 Å². The number of hydrogen-bond donors (Lipinski definition) is 0. The van der Waals surface area contributed by atoms with E-state index in [0.29, 0.717) is 11.3 Å². The zero-order chi connectivity index (χ0) is 14.4. The molecule has 0 radical (unpaired) electrons. The third-order valence-electron chi connectivity index (χ3n) is 2.77. The van der Waals surface area contributed by atoms with Gasteiger partial charge in [-0.15, -0.1) is 0 Å². The van der Waals surface area contributed by atoms with Crippen LogP contribution in [0.25, 0.3) is 0 Å². The van der Waals surface area contributed by atoms with Crippen molar-refractivity contribution in [2.45, 2.75) is 26.3 Å². The van der Waals surface area contributed by atoms with Crippen LogP contribution in [-0.4, -0.2) is 30.7 Å². The number of methoxy groups -OCH3 is 1. The Morgan fingerprint density at radius 1 is 1.32 bits per heavy atom. The molecule has 1 aromatic rings. The standard InChI is InChI=1S/C14H18FNO3/c1-10(17)4-7-14(18)16(2)9-11-8-12(15)5-6-13(11)19-3/h5-6,8H,4,7,9H2,1-3H3. The first-order valence-electron chi connectivity index (χ1n) is 6.00. The molecule has 0 bridgehead atoms. The van der Waals surface area contributed by atoms with Gasteiger partial charge in [-0.2, -0.15) is 0 Å². The molecule has 0 saturated carbocycles. The number of nitrogens with zero attached hydrogens (tertiary/aromatic N) is 1. The molecule has 1 amide bonds. The van der Waals surface area contributed by atoms with E-state index in [0.717, 1.165) is 0 Å². The van der Waals surface area contributed by atoms with Crippen molar-refractivity contribution in [3.05, 3.63) is 29.6 Å². The molecule has 0 aromatic heterocycles. The number of Topliss-reactive ketones (excluding diaryl/α,β-unsaturated/α-hetero) is 1. The third kappa shape index (κ3) is 4.69. The first-order chi connectivity index (χ1) is 8.93. The molecule has 0 fully saturated rings. The van der Waals surface area contributed by atoms with Crippen molar-refractivity contribution in [2.75, 3.05) is 14.2 Å². The number of rotatable bonds is 6. The molecule has 0 saturated heterocycles. The van der Waals surface area contributed by atoms with E-state index < -0.39 is 0 Å². The molecule has 104 valence electrons. The SMILES string of the molecule is COc1ccc(F)cc1CN(C)C(=O)CCC(C)=O. The van der Waals surface area contributed by atoms with Crippen LogP contribution in [0.5, 0.6) is 5.75 Å². The summed E-state index contributed by atoms with van der Waals surface area (Å²) in [6, 6.07) is 4.17. The molecule has 0 heterocycles. The van der Waals surface area contributed by atoms with Gasteiger partial charge in [0.25, 0.3) is 0 Å². The maximum Gasteiger partial charge on any atom is 0.223 e. The Hall–Kier alpha value is -1.91. The fourth-order valence-corrected chi connectivity index (χ4v) is 1.69. The largest absolute Gasteiger partial charge is 0.496 e. The van der Waals surface area contributed by atoms with E-state index in [9.17, 15) is 14.0 Å². The molecule has 19 heavy (non-hydrogen) atoms. The second-order valence-corrected chi connectivity index (χ2v) is 4.41. The number of ketones is 1. The van der Waals surface area contributed by atoms with E-state index in [2.05, 4.69) is 0 Å². The Morgan fingerprint density at radius 3 is 2.58 bits per heavy atom. The highest BCUT2D eigenvalue weighted by atomic mass is 19.1. The molecular weight excluding hydrogens is 249 g/mol. The first kappa shape index (κ1) is 15.1. The molecule has 0 N–H and O–H groups in total. The molecule has 0 aliphatic rings. The number of amides is 1. The van der Waals surface area contributed by atoms with E-state index in [1.54, 1.807) is 7.05 Å². The van der Waals surface area contributed by atoms with E-state index in [1.165, 1.54) is 37.1 Å². The van der Waals surface area contributed by atoms with Gasteiger partial charge in [0.1, 0.15) is 17.3 Å². The van der Waals surface area contributed by atoms with Crippen LogP contribution >= 0.6 is 0 Å². The number of hydrogen-bond acceptors (Lipinski definition) is 3. The number of carbonyl (C=O) groups is 2. The minimum absolute atomic E-state index is 0.0231. The van der Waals surface area contributed by atoms with Crippen molar-refractivity contribution in [3.8, 4) is 5.75 Å². The zero-order valence-corrected chi connectivity index (χ0v) is 11.4. The van der Waals surface area contributed by atoms with Crippen molar-refractivity contribution in [1.29, 1.82) is 0 Å². The summed E-state index contributed by atoms with van der Waals surface area (Å²) in [7, 11) is 3.11. The Balaban J connectivity index is 2.70. The molecule has 5 heteroatoms. The van der Waals surface area contributed by atoms with Crippen LogP contribution in [0.2, 0.25) is 0 Å². The summed E-state index contributed by atoms with van der Waals surface area (Å²) >= 11 is 0. The fourth-order valence-electron chi connectivity index (χ4n) is 1.69. The summed E-state index contributed by atoms with van der Waals surface area (Å²) in [5, 5.41) is 0. The van der Waals surface area contributed by atoms with Gasteiger partial charge in [-0.3, -0.25) is 4.79 Å². The molecule has 1 aromatic carbocycles. The lowest BCUT2D eigenvalue weighted by molar-refractivity contribution is -0.132. The van der Waals surface area contributed by atoms with Crippen molar-refractivity contribution in [1.82, 2.24) is 4.90 Å². The minimum atomic E-state index is -0.375. The van der Waals surface area contributed by atoms with E-state index in [1.807, 2.05) is 0 Å². The van der Waals surface area contributed by atoms with Crippen LogP contribution in [0.4, 0.5) is 4.39 Å². The van der Waals surface area contributed by atoms with Crippen molar-refractivity contribution in [3.63, 3.8) is 0 Å². The lowest BCUT2D eigenvalue weighted by Gasteiger charge is -2.18. The normalized spacial score (nSPS) is 10.1. The zero-order valence-electron chi connectivity index (χ0n) is 11.4. The molecule has 0 unspecified atom stereocenters. The third-order valence-corrected chi connectivity index (χ3v) is 2.77. The predicted molar refractivity (Wildman–Crippen MR) is 69.3 cm³/mol. The first-order valence-corrected chi connectivity index (χ1v) is 6.00. The quantitative estimate of drug-likeness (QED) is 0.793. The van der Waals surface area contributed by atoms with Crippen LogP contribution in [0.3, 0.4) is 0 Å². The summed E-state index contributed by atoms with van der Waals surface area (Å²) in [5.41, 5.74) is 0.598. The van der Waals surface area contributed by atoms with Crippen LogP contribution in [0.1, 0.15) is 25.3 Å². The van der Waals surface area contributed by atoms with Crippen LogP contribution in [-0.2, 0) is 16.1 Å². The highest BCUT2D eigenvalue weighted by molar-refractivity contribution is 5.83. The molecule has 0 aliphatic heterocycles. The summed E-state index contributed by atoms with van der Waals surface area (Å²) in [4.78, 5) is 24.1. The fraction of sp³-hybridized carbons (Fsp3) is 0.429. The second kappa shape index (κ2) is 6.87. The summed E-state index contributed by atoms with van der Waals surface area (Å²) in [5.74, 6) is -0.0143. The van der Waals surface area contributed by atoms with Gasteiger partial charge >= 0.3 is 0 Å². The monoisotopic (exact) mass is 267 g/mol. The van der Waals surface area contributed by atoms with Gasteiger partial charge in [-0.05, 0) is 25.1 Å². The molecule has 4 nitrogen and oxygen atoms in total. The Morgan fingerprint density at radius 2 is 2.00 bits per heavy atom. The van der Waals surface area contributed by atoms with Gasteiger partial charge in [0.15, 0.2) is 0 Å². The lowest BCUT2D eigenvalue weighted by atomic mass is 10.1. The molecule has 0 spiro atoms. The summed E-state index contributed by atoms with van der Waals surface area (Å²) in [6.07, 6.45) is 0.396. The topological polar surface area (TPSA) is 46.6 Å². The predicted octanol–water partition coefficient (Wildman–Crippen LogP) is 2.16. The van der Waals surface area contributed by atoms with Gasteiger partial charge in [0.2, 0.25) is 5.91 Å². The van der Waals surface area contributed by atoms with Gasteiger partial charge in [0, 0.05) is 32.0 Å². The highest BCUT2D eigenvalue weighted by Gasteiger charge is 2.13. The Bertz CT molecular complexity index is 474. The van der Waals surface area contributed by atoms with Crippen LogP contribution in [0.15, 0.2) is 18.2 Å². The van der Waals surface area contributed by atoms with Crippen LogP contribution in [0, 0.1) is 5.82 Å². The van der Waals surface area contributed by atoms with Crippen molar-refractivity contribution >= 4 is 11.7 Å². The van der Waals surface area contributed by atoms with Gasteiger partial charge in [-0.1, -0.05) is 0 Å². The van der Waals surface area contributed by atoms with Gasteiger partial charge < -0.3 is 14.4 Å². The Kier molecular flexibility index (Phi) is 5.48. The number of halogens is 1. The maximum atomic E-state index is 13.2. The minimum Gasteiger partial charge on any atom is -0.496 e. The smallest absolute Gasteiger partial charge is 0.223 e. The van der Waals surface area contributed by atoms with Crippen molar-refractivity contribution < 1.29 is 18.7 Å². The number of carbonyl (C=O) groups excluding carboxylic acids is 2. The van der Waals surface area contributed by atoms with E-state index in [-0.39, 0.29) is 36.9 Å². The summed E-state index contributed by atoms with van der Waals surface area (Å²) < 4.78 is 18.3. The maximum absolute atomic E-state index is 13.2. The molecular formula is C14H18FNO3.